The maximum absolute atomic E-state index is 13.5. The molecule has 2 heterocycles. The van der Waals surface area contributed by atoms with E-state index < -0.39 is 34.2 Å². The largest absolute Gasteiger partial charge is 0.481 e. The van der Waals surface area contributed by atoms with Crippen LogP contribution in [0.25, 0.3) is 0 Å². The van der Waals surface area contributed by atoms with Crippen LogP contribution in [0.2, 0.25) is 0 Å². The summed E-state index contributed by atoms with van der Waals surface area (Å²) in [5.41, 5.74) is 11.7. The van der Waals surface area contributed by atoms with Gasteiger partial charge in [0.1, 0.15) is 6.33 Å². The van der Waals surface area contributed by atoms with Crippen molar-refractivity contribution in [3.8, 4) is 0 Å². The molecule has 12 atom stereocenters. The van der Waals surface area contributed by atoms with E-state index in [2.05, 4.69) is 85.4 Å². The number of aliphatic carboxylic acids is 1. The molecule has 4 aliphatic carbocycles. The van der Waals surface area contributed by atoms with Gasteiger partial charge in [-0.2, -0.15) is 5.10 Å². The van der Waals surface area contributed by atoms with E-state index in [1.54, 1.807) is 4.68 Å². The summed E-state index contributed by atoms with van der Waals surface area (Å²) in [6.07, 6.45) is 8.79. The molecule has 10 nitrogen and oxygen atoms in total. The first kappa shape index (κ1) is 37.5. The van der Waals surface area contributed by atoms with Crippen molar-refractivity contribution in [2.24, 2.45) is 73.5 Å². The molecule has 1 aromatic heterocycles. The average Bonchev–Trinajstić information content (AvgIpc) is 3.50. The third-order valence-electron chi connectivity index (χ3n) is 16.5. The van der Waals surface area contributed by atoms with Crippen molar-refractivity contribution >= 4 is 11.9 Å². The van der Waals surface area contributed by atoms with Gasteiger partial charge in [0.25, 0.3) is 5.91 Å². The first-order valence-corrected chi connectivity index (χ1v) is 19.1. The maximum atomic E-state index is 13.5. The molecule has 1 aromatic rings. The number of rotatable bonds is 8. The topological polar surface area (TPSA) is 156 Å². The van der Waals surface area contributed by atoms with Crippen molar-refractivity contribution < 1.29 is 24.2 Å². The first-order chi connectivity index (χ1) is 23.0. The molecule has 2 bridgehead atoms. The Balaban J connectivity index is 1.47. The predicted octanol–water partition coefficient (Wildman–Crippen LogP) is 6.66. The molecule has 1 amide bonds. The number of carboxylic acid groups (broad SMARTS) is 1. The van der Waals surface area contributed by atoms with Crippen molar-refractivity contribution in [3.05, 3.63) is 23.8 Å². The summed E-state index contributed by atoms with van der Waals surface area (Å²) in [6, 6.07) is -0.324. The molecule has 0 unspecified atom stereocenters. The van der Waals surface area contributed by atoms with Crippen LogP contribution in [0.1, 0.15) is 131 Å². The number of carboxylic acids is 1. The zero-order valence-electron chi connectivity index (χ0n) is 32.6. The van der Waals surface area contributed by atoms with E-state index in [-0.39, 0.29) is 57.4 Å². The van der Waals surface area contributed by atoms with E-state index in [1.807, 2.05) is 6.92 Å². The fraction of sp³-hybridized carbons (Fsp3) is 0.850. The van der Waals surface area contributed by atoms with Gasteiger partial charge < -0.3 is 26.0 Å². The molecule has 50 heavy (non-hydrogen) atoms. The Bertz CT molecular complexity index is 1550. The second kappa shape index (κ2) is 11.9. The molecule has 0 aromatic carbocycles. The predicted molar refractivity (Wildman–Crippen MR) is 193 cm³/mol. The zero-order chi connectivity index (χ0) is 37.0. The van der Waals surface area contributed by atoms with E-state index in [4.69, 9.17) is 20.9 Å². The number of hydrogen-bond acceptors (Lipinski definition) is 7. The van der Waals surface area contributed by atoms with Gasteiger partial charge in [0.05, 0.1) is 37.9 Å². The Labute approximate surface area is 299 Å². The second-order valence-corrected chi connectivity index (χ2v) is 19.9. The quantitative estimate of drug-likeness (QED) is 0.255. The zero-order valence-corrected chi connectivity index (χ0v) is 32.6. The number of carbonyl (C=O) groups excluding carboxylic acids is 1. The van der Waals surface area contributed by atoms with Gasteiger partial charge in [0.2, 0.25) is 5.82 Å². The minimum absolute atomic E-state index is 0.132. The minimum Gasteiger partial charge on any atom is -0.481 e. The van der Waals surface area contributed by atoms with Crippen LogP contribution in [0.4, 0.5) is 0 Å². The van der Waals surface area contributed by atoms with Crippen LogP contribution in [0.15, 0.2) is 18.0 Å². The Hall–Kier alpha value is -2.30. The molecule has 10 heteroatoms. The standard InChI is InChI=1S/C40H65N5O5/c1-23(2)24(3)35(7)16-17-37(9)25-12-13-28-36(8)19-49-21-40(28,26(25)14-15-38(37,10)29(35)33(47)48)18-27(45-32(31(41)46)43-22-44-45)30(36)50-20-39(11,42)34(4,5)6/h14,22-25,27-30H,12-13,15-21,42H2,1-11H3,(H2,41,46)(H,47,48)/t24-,25+,27-,28+,29-,30+,35-,36-,37-,38+,39+,40+/m1/s1. The van der Waals surface area contributed by atoms with Crippen LogP contribution < -0.4 is 11.5 Å². The lowest BCUT2D eigenvalue weighted by atomic mass is 9.34. The fourth-order valence-electron chi connectivity index (χ4n) is 12.3. The van der Waals surface area contributed by atoms with Crippen molar-refractivity contribution in [2.75, 3.05) is 19.8 Å². The highest BCUT2D eigenvalue weighted by Gasteiger charge is 2.72. The third-order valence-corrected chi connectivity index (χ3v) is 16.5. The number of aromatic nitrogens is 3. The number of primary amides is 1. The molecule has 4 fully saturated rings. The van der Waals surface area contributed by atoms with Crippen LogP contribution in [0.5, 0.6) is 0 Å². The minimum atomic E-state index is -0.657. The van der Waals surface area contributed by atoms with Crippen molar-refractivity contribution in [3.63, 3.8) is 0 Å². The van der Waals surface area contributed by atoms with E-state index >= 15 is 0 Å². The monoisotopic (exact) mass is 695 g/mol. The number of allylic oxidation sites excluding steroid dienone is 1. The van der Waals surface area contributed by atoms with Crippen molar-refractivity contribution in [1.29, 1.82) is 0 Å². The number of fused-ring (bicyclic) bond motifs is 3. The van der Waals surface area contributed by atoms with E-state index in [0.29, 0.717) is 32.2 Å². The Morgan fingerprint density at radius 2 is 1.76 bits per heavy atom. The van der Waals surface area contributed by atoms with Gasteiger partial charge in [-0.05, 0) is 90.8 Å². The van der Waals surface area contributed by atoms with Gasteiger partial charge in [-0.1, -0.05) is 80.9 Å². The summed E-state index contributed by atoms with van der Waals surface area (Å²) in [4.78, 5) is 30.5. The summed E-state index contributed by atoms with van der Waals surface area (Å²) in [5.74, 6) is -0.426. The lowest BCUT2D eigenvalue weighted by Gasteiger charge is -2.71. The Morgan fingerprint density at radius 3 is 2.36 bits per heavy atom. The molecule has 6 rings (SSSR count). The number of carbonyl (C=O) groups is 2. The van der Waals surface area contributed by atoms with Crippen molar-refractivity contribution in [1.82, 2.24) is 14.8 Å². The fourth-order valence-corrected chi connectivity index (χ4v) is 12.3. The summed E-state index contributed by atoms with van der Waals surface area (Å²) >= 11 is 0. The number of nitrogens with two attached hydrogens (primary N) is 2. The van der Waals surface area contributed by atoms with Crippen LogP contribution in [-0.2, 0) is 14.3 Å². The van der Waals surface area contributed by atoms with E-state index in [1.165, 1.54) is 11.9 Å². The smallest absolute Gasteiger partial charge is 0.307 e. The van der Waals surface area contributed by atoms with Gasteiger partial charge in [-0.3, -0.25) is 9.59 Å². The van der Waals surface area contributed by atoms with Crippen molar-refractivity contribution in [2.45, 2.75) is 132 Å². The highest BCUT2D eigenvalue weighted by atomic mass is 16.5. The summed E-state index contributed by atoms with van der Waals surface area (Å²) in [7, 11) is 0. The highest BCUT2D eigenvalue weighted by Crippen LogP contribution is 2.75. The Kier molecular flexibility index (Phi) is 8.88. The van der Waals surface area contributed by atoms with Gasteiger partial charge in [0, 0.05) is 16.4 Å². The van der Waals surface area contributed by atoms with Gasteiger partial charge in [-0.25, -0.2) is 9.67 Å². The summed E-state index contributed by atoms with van der Waals surface area (Å²) < 4.78 is 15.4. The van der Waals surface area contributed by atoms with Crippen LogP contribution >= 0.6 is 0 Å². The molecule has 0 spiro atoms. The lowest BCUT2D eigenvalue weighted by molar-refractivity contribution is -0.253. The van der Waals surface area contributed by atoms with Gasteiger partial charge in [0.15, 0.2) is 0 Å². The molecule has 5 N–H and O–H groups in total. The van der Waals surface area contributed by atoms with Gasteiger partial charge >= 0.3 is 5.97 Å². The lowest BCUT2D eigenvalue weighted by Crippen LogP contribution is -2.69. The summed E-state index contributed by atoms with van der Waals surface area (Å²) in [6.45, 7) is 25.8. The number of amides is 1. The molecule has 3 saturated carbocycles. The number of ether oxygens (including phenoxy) is 2. The molecule has 1 saturated heterocycles. The second-order valence-electron chi connectivity index (χ2n) is 19.9. The number of hydrogen-bond donors (Lipinski definition) is 3. The molecular weight excluding hydrogens is 630 g/mol. The molecule has 0 radical (unpaired) electrons. The SMILES string of the molecule is CC(C)[C@@H](C)[C@@]1(C)CC[C@]2(C)[C@H]3CC[C@@H]4[C@@]5(COC[C@@]4(C)[C@@H](OC[C@](C)(N)C(C)(C)C)[C@H](n4ncnc4C(N)=O)C5)C3=CC[C@@]2(C)[C@@H]1C(=O)O. The van der Waals surface area contributed by atoms with Crippen LogP contribution in [-0.4, -0.2) is 63.2 Å². The molecular formula is C40H65N5O5. The van der Waals surface area contributed by atoms with Gasteiger partial charge in [-0.15, -0.1) is 0 Å². The van der Waals surface area contributed by atoms with E-state index in [0.717, 1.165) is 32.1 Å². The molecule has 1 aliphatic heterocycles. The third kappa shape index (κ3) is 5.03. The first-order valence-electron chi connectivity index (χ1n) is 19.1. The molecule has 5 aliphatic rings. The molecule has 280 valence electrons. The average molecular weight is 696 g/mol. The number of nitrogens with zero attached hydrogens (tertiary/aromatic N) is 3. The van der Waals surface area contributed by atoms with Crippen LogP contribution in [0.3, 0.4) is 0 Å². The van der Waals surface area contributed by atoms with E-state index in [9.17, 15) is 14.7 Å². The van der Waals surface area contributed by atoms with Crippen LogP contribution in [0, 0.1) is 62.1 Å². The maximum Gasteiger partial charge on any atom is 0.307 e. The summed E-state index contributed by atoms with van der Waals surface area (Å²) in [5, 5.41) is 15.7. The Morgan fingerprint density at radius 1 is 1.08 bits per heavy atom. The normalized spacial score (nSPS) is 43.1. The highest BCUT2D eigenvalue weighted by molar-refractivity contribution is 5.89.